The summed E-state index contributed by atoms with van der Waals surface area (Å²) < 4.78 is 5.21. The lowest BCUT2D eigenvalue weighted by Gasteiger charge is -2.41. The normalized spacial score (nSPS) is 26.2. The van der Waals surface area contributed by atoms with Gasteiger partial charge in [-0.05, 0) is 31.7 Å². The monoisotopic (exact) mass is 246 g/mol. The van der Waals surface area contributed by atoms with Crippen molar-refractivity contribution in [2.45, 2.75) is 33.2 Å². The Bertz CT molecular complexity index is 492. The number of carbonyl (C=O) groups excluding carboxylic acids is 1. The van der Waals surface area contributed by atoms with Gasteiger partial charge in [0.2, 0.25) is 5.91 Å². The summed E-state index contributed by atoms with van der Waals surface area (Å²) in [7, 11) is 1.75. The van der Waals surface area contributed by atoms with Crippen LogP contribution in [0.3, 0.4) is 0 Å². The van der Waals surface area contributed by atoms with Crippen molar-refractivity contribution in [1.29, 1.82) is 5.26 Å². The van der Waals surface area contributed by atoms with E-state index in [1.807, 2.05) is 13.0 Å². The molecule has 1 aliphatic carbocycles. The van der Waals surface area contributed by atoms with Crippen molar-refractivity contribution in [3.63, 3.8) is 0 Å². The Balaban J connectivity index is 2.06. The van der Waals surface area contributed by atoms with Crippen LogP contribution in [-0.2, 0) is 11.3 Å². The molecular weight excluding hydrogens is 228 g/mol. The third-order valence-corrected chi connectivity index (χ3v) is 3.74. The maximum Gasteiger partial charge on any atom is 0.243 e. The molecule has 0 saturated heterocycles. The Morgan fingerprint density at radius 1 is 1.67 bits per heavy atom. The maximum absolute atomic E-state index is 12.3. The zero-order valence-corrected chi connectivity index (χ0v) is 11.1. The van der Waals surface area contributed by atoms with Crippen molar-refractivity contribution >= 4 is 5.91 Å². The predicted molar refractivity (Wildman–Crippen MR) is 66.4 cm³/mol. The summed E-state index contributed by atoms with van der Waals surface area (Å²) in [4.78, 5) is 14.0. The van der Waals surface area contributed by atoms with E-state index in [2.05, 4.69) is 13.0 Å². The molecule has 2 rings (SSSR count). The smallest absolute Gasteiger partial charge is 0.243 e. The predicted octanol–water partition coefficient (Wildman–Crippen LogP) is 2.49. The molecule has 18 heavy (non-hydrogen) atoms. The van der Waals surface area contributed by atoms with Crippen LogP contribution < -0.4 is 0 Å². The van der Waals surface area contributed by atoms with E-state index in [9.17, 15) is 10.1 Å². The number of carbonyl (C=O) groups is 1. The van der Waals surface area contributed by atoms with E-state index in [1.165, 1.54) is 0 Å². The SMILES string of the molecule is Cc1occc1CN(C)C(=O)C1(C#N)CC(C)C1. The summed E-state index contributed by atoms with van der Waals surface area (Å²) in [6.07, 6.45) is 2.97. The van der Waals surface area contributed by atoms with Gasteiger partial charge in [0.15, 0.2) is 0 Å². The molecule has 0 aliphatic heterocycles. The molecule has 0 radical (unpaired) electrons. The molecule has 1 fully saturated rings. The fourth-order valence-corrected chi connectivity index (χ4v) is 2.71. The van der Waals surface area contributed by atoms with E-state index in [0.29, 0.717) is 25.3 Å². The zero-order chi connectivity index (χ0) is 13.3. The molecule has 1 aliphatic rings. The third kappa shape index (κ3) is 2.01. The quantitative estimate of drug-likeness (QED) is 0.823. The second kappa shape index (κ2) is 4.49. The molecule has 0 atom stereocenters. The molecule has 1 saturated carbocycles. The summed E-state index contributed by atoms with van der Waals surface area (Å²) >= 11 is 0. The highest BCUT2D eigenvalue weighted by atomic mass is 16.3. The van der Waals surface area contributed by atoms with Gasteiger partial charge in [0.25, 0.3) is 0 Å². The second-order valence-corrected chi connectivity index (χ2v) is 5.37. The molecule has 96 valence electrons. The first kappa shape index (κ1) is 12.7. The van der Waals surface area contributed by atoms with E-state index in [-0.39, 0.29) is 5.91 Å². The number of amides is 1. The van der Waals surface area contributed by atoms with Gasteiger partial charge in [-0.1, -0.05) is 6.92 Å². The van der Waals surface area contributed by atoms with Crippen molar-refractivity contribution in [1.82, 2.24) is 4.90 Å². The fraction of sp³-hybridized carbons (Fsp3) is 0.571. The minimum atomic E-state index is -0.786. The molecule has 0 spiro atoms. The lowest BCUT2D eigenvalue weighted by Crippen LogP contribution is -2.48. The van der Waals surface area contributed by atoms with Gasteiger partial charge in [0, 0.05) is 19.2 Å². The van der Waals surface area contributed by atoms with Crippen molar-refractivity contribution < 1.29 is 9.21 Å². The molecule has 4 heteroatoms. The number of nitriles is 1. The first-order valence-corrected chi connectivity index (χ1v) is 6.18. The molecule has 0 aromatic carbocycles. The number of nitrogens with zero attached hydrogens (tertiary/aromatic N) is 2. The van der Waals surface area contributed by atoms with Gasteiger partial charge in [-0.25, -0.2) is 0 Å². The minimum absolute atomic E-state index is 0.0660. The molecule has 1 amide bonds. The molecule has 4 nitrogen and oxygen atoms in total. The van der Waals surface area contributed by atoms with Crippen LogP contribution >= 0.6 is 0 Å². The van der Waals surface area contributed by atoms with E-state index < -0.39 is 5.41 Å². The van der Waals surface area contributed by atoms with E-state index in [1.54, 1.807) is 18.2 Å². The van der Waals surface area contributed by atoms with Crippen LogP contribution in [0.5, 0.6) is 0 Å². The van der Waals surface area contributed by atoms with E-state index >= 15 is 0 Å². The average Bonchev–Trinajstić information content (AvgIpc) is 2.69. The highest BCUT2D eigenvalue weighted by molar-refractivity contribution is 5.86. The van der Waals surface area contributed by atoms with Crippen LogP contribution in [0, 0.1) is 29.6 Å². The van der Waals surface area contributed by atoms with Crippen LogP contribution in [0.15, 0.2) is 16.7 Å². The molecule has 1 aromatic rings. The third-order valence-electron chi connectivity index (χ3n) is 3.74. The molecular formula is C14H18N2O2. The highest BCUT2D eigenvalue weighted by Crippen LogP contribution is 2.46. The number of rotatable bonds is 3. The molecule has 0 N–H and O–H groups in total. The summed E-state index contributed by atoms with van der Waals surface area (Å²) in [6, 6.07) is 4.07. The molecule has 1 heterocycles. The van der Waals surface area contributed by atoms with Crippen LogP contribution in [0.1, 0.15) is 31.1 Å². The van der Waals surface area contributed by atoms with Crippen LogP contribution in [0.4, 0.5) is 0 Å². The summed E-state index contributed by atoms with van der Waals surface area (Å²) in [5.74, 6) is 1.23. The maximum atomic E-state index is 12.3. The zero-order valence-electron chi connectivity index (χ0n) is 11.1. The van der Waals surface area contributed by atoms with E-state index in [0.717, 1.165) is 11.3 Å². The Hall–Kier alpha value is -1.76. The molecule has 0 bridgehead atoms. The summed E-state index contributed by atoms with van der Waals surface area (Å²) in [6.45, 7) is 4.45. The Morgan fingerprint density at radius 3 is 2.78 bits per heavy atom. The largest absolute Gasteiger partial charge is 0.469 e. The highest BCUT2D eigenvalue weighted by Gasteiger charge is 2.50. The first-order valence-electron chi connectivity index (χ1n) is 6.18. The Kier molecular flexibility index (Phi) is 3.16. The van der Waals surface area contributed by atoms with Gasteiger partial charge >= 0.3 is 0 Å². The van der Waals surface area contributed by atoms with Gasteiger partial charge in [-0.2, -0.15) is 5.26 Å². The standard InChI is InChI=1S/C14H18N2O2/c1-10-6-14(7-10,9-15)13(17)16(3)8-12-4-5-18-11(12)2/h4-5,10H,6-8H2,1-3H3. The van der Waals surface area contributed by atoms with Gasteiger partial charge in [0.05, 0.1) is 12.3 Å². The average molecular weight is 246 g/mol. The topological polar surface area (TPSA) is 57.2 Å². The number of hydrogen-bond acceptors (Lipinski definition) is 3. The molecule has 1 aromatic heterocycles. The van der Waals surface area contributed by atoms with Gasteiger partial charge < -0.3 is 9.32 Å². The van der Waals surface area contributed by atoms with Crippen LogP contribution in [0.2, 0.25) is 0 Å². The van der Waals surface area contributed by atoms with Crippen molar-refractivity contribution in [2.24, 2.45) is 11.3 Å². The van der Waals surface area contributed by atoms with Crippen LogP contribution in [0.25, 0.3) is 0 Å². The van der Waals surface area contributed by atoms with Crippen molar-refractivity contribution in [2.75, 3.05) is 7.05 Å². The van der Waals surface area contributed by atoms with Gasteiger partial charge in [0.1, 0.15) is 11.2 Å². The lowest BCUT2D eigenvalue weighted by molar-refractivity contribution is -0.144. The lowest BCUT2D eigenvalue weighted by atomic mass is 9.63. The van der Waals surface area contributed by atoms with Gasteiger partial charge in [-0.15, -0.1) is 0 Å². The van der Waals surface area contributed by atoms with E-state index in [4.69, 9.17) is 4.42 Å². The number of aryl methyl sites for hydroxylation is 1. The van der Waals surface area contributed by atoms with Crippen molar-refractivity contribution in [3.8, 4) is 6.07 Å². The summed E-state index contributed by atoms with van der Waals surface area (Å²) in [5, 5.41) is 9.24. The van der Waals surface area contributed by atoms with Gasteiger partial charge in [-0.3, -0.25) is 4.79 Å². The fourth-order valence-electron chi connectivity index (χ4n) is 2.71. The minimum Gasteiger partial charge on any atom is -0.469 e. The molecule has 0 unspecified atom stereocenters. The first-order chi connectivity index (χ1) is 8.48. The van der Waals surface area contributed by atoms with Crippen molar-refractivity contribution in [3.05, 3.63) is 23.7 Å². The van der Waals surface area contributed by atoms with Crippen LogP contribution in [-0.4, -0.2) is 17.9 Å². The Morgan fingerprint density at radius 2 is 2.33 bits per heavy atom. The number of furan rings is 1. The second-order valence-electron chi connectivity index (χ2n) is 5.37. The summed E-state index contributed by atoms with van der Waals surface area (Å²) in [5.41, 5.74) is 0.206. The Labute approximate surface area is 107 Å². The number of hydrogen-bond donors (Lipinski definition) is 0.